The van der Waals surface area contributed by atoms with Crippen molar-refractivity contribution in [1.82, 2.24) is 4.90 Å². The number of nitrogens with zero attached hydrogens (tertiary/aromatic N) is 2. The Balaban J connectivity index is 1.74. The molecule has 0 unspecified atom stereocenters. The predicted molar refractivity (Wildman–Crippen MR) is 109 cm³/mol. The number of rotatable bonds is 7. The lowest BCUT2D eigenvalue weighted by Crippen LogP contribution is -2.32. The molecule has 3 rings (SSSR count). The summed E-state index contributed by atoms with van der Waals surface area (Å²) in [6.07, 6.45) is 1.41. The second kappa shape index (κ2) is 8.97. The van der Waals surface area contributed by atoms with E-state index >= 15 is 0 Å². The molecule has 0 N–H and O–H groups in total. The number of carbonyl (C=O) groups is 2. The molecule has 10 heteroatoms. The molecule has 2 aromatic carbocycles. The normalized spacial score (nSPS) is 15.1. The van der Waals surface area contributed by atoms with Gasteiger partial charge in [-0.1, -0.05) is 35.9 Å². The van der Waals surface area contributed by atoms with Crippen molar-refractivity contribution in [2.75, 3.05) is 20.3 Å². The van der Waals surface area contributed by atoms with Gasteiger partial charge in [-0.15, -0.1) is 0 Å². The molecule has 0 bridgehead atoms. The SMILES string of the molecule is COc1c(/C=C2\SC(=O)N(CCOc3ccccc3Cl)C2=O)cccc1[N+](=O)[O-]. The molecule has 0 spiro atoms. The van der Waals surface area contributed by atoms with Crippen molar-refractivity contribution in [2.45, 2.75) is 0 Å². The number of hydrogen-bond acceptors (Lipinski definition) is 7. The highest BCUT2D eigenvalue weighted by Crippen LogP contribution is 2.37. The summed E-state index contributed by atoms with van der Waals surface area (Å²) in [6.45, 7) is 0.120. The first kappa shape index (κ1) is 20.7. The van der Waals surface area contributed by atoms with Gasteiger partial charge in [0.25, 0.3) is 11.1 Å². The number of imide groups is 1. The zero-order chi connectivity index (χ0) is 21.0. The van der Waals surface area contributed by atoms with Gasteiger partial charge < -0.3 is 9.47 Å². The molecule has 2 amide bonds. The maximum atomic E-state index is 12.6. The summed E-state index contributed by atoms with van der Waals surface area (Å²) >= 11 is 6.76. The number of halogens is 1. The van der Waals surface area contributed by atoms with Gasteiger partial charge in [0.05, 0.1) is 28.5 Å². The highest BCUT2D eigenvalue weighted by atomic mass is 35.5. The first-order chi connectivity index (χ1) is 13.9. The van der Waals surface area contributed by atoms with E-state index in [9.17, 15) is 19.7 Å². The van der Waals surface area contributed by atoms with E-state index in [1.165, 1.54) is 25.3 Å². The Morgan fingerprint density at radius 2 is 1.97 bits per heavy atom. The van der Waals surface area contributed by atoms with Crippen molar-refractivity contribution in [3.63, 3.8) is 0 Å². The maximum Gasteiger partial charge on any atom is 0.311 e. The van der Waals surface area contributed by atoms with Crippen LogP contribution in [0.1, 0.15) is 5.56 Å². The molecule has 1 aliphatic heterocycles. The number of nitro groups is 1. The summed E-state index contributed by atoms with van der Waals surface area (Å²) in [5.41, 5.74) is 0.105. The van der Waals surface area contributed by atoms with Gasteiger partial charge in [0.1, 0.15) is 12.4 Å². The van der Waals surface area contributed by atoms with Crippen molar-refractivity contribution >= 4 is 46.3 Å². The summed E-state index contributed by atoms with van der Waals surface area (Å²) in [5.74, 6) is -0.0271. The summed E-state index contributed by atoms with van der Waals surface area (Å²) in [4.78, 5) is 36.6. The monoisotopic (exact) mass is 434 g/mol. The molecule has 0 radical (unpaired) electrons. The fourth-order valence-corrected chi connectivity index (χ4v) is 3.71. The Morgan fingerprint density at radius 3 is 2.66 bits per heavy atom. The summed E-state index contributed by atoms with van der Waals surface area (Å²) in [7, 11) is 1.30. The van der Waals surface area contributed by atoms with E-state index in [-0.39, 0.29) is 29.5 Å². The third-order valence-electron chi connectivity index (χ3n) is 3.99. The Morgan fingerprint density at radius 1 is 1.21 bits per heavy atom. The fraction of sp³-hybridized carbons (Fsp3) is 0.158. The van der Waals surface area contributed by atoms with E-state index < -0.39 is 16.1 Å². The number of nitro benzene ring substituents is 1. The van der Waals surface area contributed by atoms with Gasteiger partial charge >= 0.3 is 5.69 Å². The minimum Gasteiger partial charge on any atom is -0.490 e. The van der Waals surface area contributed by atoms with Gasteiger partial charge in [-0.05, 0) is 30.0 Å². The molecular formula is C19H15ClN2O6S. The lowest BCUT2D eigenvalue weighted by atomic mass is 10.1. The summed E-state index contributed by atoms with van der Waals surface area (Å²) in [6, 6.07) is 11.2. The van der Waals surface area contributed by atoms with Gasteiger partial charge in [-0.25, -0.2) is 0 Å². The van der Waals surface area contributed by atoms with E-state index in [1.807, 2.05) is 0 Å². The average molecular weight is 435 g/mol. The highest BCUT2D eigenvalue weighted by molar-refractivity contribution is 8.18. The Labute approximate surface area is 175 Å². The number of carbonyl (C=O) groups excluding carboxylic acids is 2. The van der Waals surface area contributed by atoms with Crippen LogP contribution in [0.4, 0.5) is 10.5 Å². The quantitative estimate of drug-likeness (QED) is 0.362. The van der Waals surface area contributed by atoms with Crippen LogP contribution in [0.15, 0.2) is 47.4 Å². The van der Waals surface area contributed by atoms with Crippen molar-refractivity contribution in [1.29, 1.82) is 0 Å². The van der Waals surface area contributed by atoms with Crippen molar-refractivity contribution < 1.29 is 24.0 Å². The van der Waals surface area contributed by atoms with Crippen LogP contribution in [0.25, 0.3) is 6.08 Å². The van der Waals surface area contributed by atoms with Crippen LogP contribution in [0.2, 0.25) is 5.02 Å². The van der Waals surface area contributed by atoms with Gasteiger partial charge in [0, 0.05) is 11.6 Å². The molecule has 1 aliphatic rings. The minimum atomic E-state index is -0.575. The van der Waals surface area contributed by atoms with E-state index in [2.05, 4.69) is 0 Å². The lowest BCUT2D eigenvalue weighted by molar-refractivity contribution is -0.385. The molecular weight excluding hydrogens is 420 g/mol. The highest BCUT2D eigenvalue weighted by Gasteiger charge is 2.35. The topological polar surface area (TPSA) is 99.0 Å². The third kappa shape index (κ3) is 4.52. The van der Waals surface area contributed by atoms with Gasteiger partial charge in [0.15, 0.2) is 0 Å². The maximum absolute atomic E-state index is 12.6. The zero-order valence-electron chi connectivity index (χ0n) is 15.2. The van der Waals surface area contributed by atoms with Crippen LogP contribution in [0, 0.1) is 10.1 Å². The lowest BCUT2D eigenvalue weighted by Gasteiger charge is -2.13. The molecule has 8 nitrogen and oxygen atoms in total. The van der Waals surface area contributed by atoms with E-state index in [0.717, 1.165) is 16.7 Å². The Kier molecular flexibility index (Phi) is 6.40. The van der Waals surface area contributed by atoms with Crippen LogP contribution >= 0.6 is 23.4 Å². The standard InChI is InChI=1S/C19H15ClN2O6S/c1-27-17-12(5-4-7-14(17)22(25)26)11-16-18(23)21(19(24)29-16)9-10-28-15-8-3-2-6-13(15)20/h2-8,11H,9-10H2,1H3/b16-11-. The van der Waals surface area contributed by atoms with Crippen molar-refractivity contribution in [3.05, 3.63) is 68.1 Å². The number of benzene rings is 2. The first-order valence-corrected chi connectivity index (χ1v) is 9.56. The first-order valence-electron chi connectivity index (χ1n) is 8.36. The average Bonchev–Trinajstić information content (AvgIpc) is 2.96. The van der Waals surface area contributed by atoms with E-state index in [1.54, 1.807) is 30.3 Å². The number of hydrogen-bond donors (Lipinski definition) is 0. The molecule has 0 aromatic heterocycles. The number of amides is 2. The zero-order valence-corrected chi connectivity index (χ0v) is 16.7. The number of ether oxygens (including phenoxy) is 2. The molecule has 29 heavy (non-hydrogen) atoms. The summed E-state index contributed by atoms with van der Waals surface area (Å²) < 4.78 is 10.6. The smallest absolute Gasteiger partial charge is 0.311 e. The third-order valence-corrected chi connectivity index (χ3v) is 5.21. The number of para-hydroxylation sites is 2. The number of thioether (sulfide) groups is 1. The van der Waals surface area contributed by atoms with Gasteiger partial charge in [0.2, 0.25) is 5.75 Å². The number of methoxy groups -OCH3 is 1. The second-order valence-electron chi connectivity index (χ2n) is 5.77. The largest absolute Gasteiger partial charge is 0.490 e. The fourth-order valence-electron chi connectivity index (χ4n) is 2.66. The predicted octanol–water partition coefficient (Wildman–Crippen LogP) is 4.37. The van der Waals surface area contributed by atoms with Crippen LogP contribution in [-0.2, 0) is 4.79 Å². The van der Waals surface area contributed by atoms with E-state index in [0.29, 0.717) is 16.3 Å². The van der Waals surface area contributed by atoms with Crippen molar-refractivity contribution in [3.8, 4) is 11.5 Å². The van der Waals surface area contributed by atoms with E-state index in [4.69, 9.17) is 21.1 Å². The molecule has 1 saturated heterocycles. The van der Waals surface area contributed by atoms with Crippen LogP contribution < -0.4 is 9.47 Å². The molecule has 150 valence electrons. The molecule has 2 aromatic rings. The van der Waals surface area contributed by atoms with Crippen LogP contribution in [0.3, 0.4) is 0 Å². The second-order valence-corrected chi connectivity index (χ2v) is 7.17. The summed E-state index contributed by atoms with van der Waals surface area (Å²) in [5, 5.41) is 11.1. The van der Waals surface area contributed by atoms with Gasteiger partial charge in [-0.2, -0.15) is 0 Å². The molecule has 1 fully saturated rings. The molecule has 0 saturated carbocycles. The minimum absolute atomic E-state index is 0.0198. The van der Waals surface area contributed by atoms with Crippen molar-refractivity contribution in [2.24, 2.45) is 0 Å². The molecule has 0 aliphatic carbocycles. The Hall–Kier alpha value is -3.04. The van der Waals surface area contributed by atoms with Gasteiger partial charge in [-0.3, -0.25) is 24.6 Å². The van der Waals surface area contributed by atoms with Crippen LogP contribution in [-0.4, -0.2) is 41.2 Å². The van der Waals surface area contributed by atoms with Crippen LogP contribution in [0.5, 0.6) is 11.5 Å². The molecule has 0 atom stereocenters. The molecule has 1 heterocycles. The Bertz CT molecular complexity index is 1010.